The van der Waals surface area contributed by atoms with Gasteiger partial charge in [-0.15, -0.1) is 0 Å². The molecule has 6 nitrogen and oxygen atoms in total. The first-order chi connectivity index (χ1) is 15.1. The summed E-state index contributed by atoms with van der Waals surface area (Å²) in [7, 11) is 0. The average molecular weight is 422 g/mol. The predicted molar refractivity (Wildman–Crippen MR) is 118 cm³/mol. The van der Waals surface area contributed by atoms with Crippen molar-refractivity contribution in [1.29, 1.82) is 0 Å². The van der Waals surface area contributed by atoms with E-state index in [2.05, 4.69) is 10.3 Å². The van der Waals surface area contributed by atoms with Crippen molar-refractivity contribution >= 4 is 16.8 Å². The van der Waals surface area contributed by atoms with E-state index in [4.69, 9.17) is 4.74 Å². The van der Waals surface area contributed by atoms with Crippen molar-refractivity contribution in [1.82, 2.24) is 14.9 Å². The predicted octanol–water partition coefficient (Wildman–Crippen LogP) is 3.45. The molecule has 0 unspecified atom stereocenters. The first kappa shape index (κ1) is 19.5. The number of nitrogens with zero attached hydrogens (tertiary/aromatic N) is 2. The Morgan fingerprint density at radius 1 is 1.13 bits per heavy atom. The van der Waals surface area contributed by atoms with Crippen molar-refractivity contribution in [3.63, 3.8) is 0 Å². The SMILES string of the molecule is O=C(NCCOC12CC3CC(CC(C3)C1)C2)c1ccc2c(=O)n3c(nc2c1)CCCC3. The van der Waals surface area contributed by atoms with E-state index in [0.717, 1.165) is 49.4 Å². The molecule has 0 radical (unpaired) electrons. The molecule has 4 saturated carbocycles. The third-order valence-corrected chi connectivity index (χ3v) is 8.11. The zero-order valence-electron chi connectivity index (χ0n) is 18.1. The molecule has 1 aromatic carbocycles. The molecule has 0 spiro atoms. The van der Waals surface area contributed by atoms with Gasteiger partial charge in [-0.2, -0.15) is 0 Å². The van der Waals surface area contributed by atoms with Crippen LogP contribution in [-0.2, 0) is 17.7 Å². The highest BCUT2D eigenvalue weighted by Crippen LogP contribution is 2.57. The van der Waals surface area contributed by atoms with E-state index in [0.29, 0.717) is 29.6 Å². The van der Waals surface area contributed by atoms with Gasteiger partial charge in [0.15, 0.2) is 0 Å². The number of amides is 1. The van der Waals surface area contributed by atoms with Gasteiger partial charge in [0, 0.05) is 25.1 Å². The lowest BCUT2D eigenvalue weighted by molar-refractivity contribution is -0.160. The van der Waals surface area contributed by atoms with Gasteiger partial charge in [-0.05, 0) is 87.3 Å². The number of ether oxygens (including phenoxy) is 1. The summed E-state index contributed by atoms with van der Waals surface area (Å²) in [6.07, 6.45) is 10.7. The number of aryl methyl sites for hydroxylation is 1. The fourth-order valence-electron chi connectivity index (χ4n) is 7.12. The second-order valence-corrected chi connectivity index (χ2v) is 10.4. The van der Waals surface area contributed by atoms with Crippen LogP contribution >= 0.6 is 0 Å². The van der Waals surface area contributed by atoms with Crippen molar-refractivity contribution in [3.8, 4) is 0 Å². The Morgan fingerprint density at radius 2 is 1.87 bits per heavy atom. The third kappa shape index (κ3) is 3.49. The number of carbonyl (C=O) groups is 1. The van der Waals surface area contributed by atoms with Crippen LogP contribution in [0.5, 0.6) is 0 Å². The van der Waals surface area contributed by atoms with Gasteiger partial charge in [0.05, 0.1) is 23.1 Å². The molecule has 164 valence electrons. The Hall–Kier alpha value is -2.21. The number of hydrogen-bond acceptors (Lipinski definition) is 4. The molecule has 6 heteroatoms. The first-order valence-corrected chi connectivity index (χ1v) is 12.0. The summed E-state index contributed by atoms with van der Waals surface area (Å²) in [5, 5.41) is 3.59. The molecule has 2 aromatic rings. The lowest BCUT2D eigenvalue weighted by atomic mass is 9.54. The fraction of sp³-hybridized carbons (Fsp3) is 0.640. The molecule has 7 rings (SSSR count). The number of benzene rings is 1. The van der Waals surface area contributed by atoms with Crippen molar-refractivity contribution in [2.24, 2.45) is 17.8 Å². The third-order valence-electron chi connectivity index (χ3n) is 8.11. The highest BCUT2D eigenvalue weighted by atomic mass is 16.5. The van der Waals surface area contributed by atoms with Gasteiger partial charge in [0.25, 0.3) is 11.5 Å². The van der Waals surface area contributed by atoms with Crippen LogP contribution in [0.25, 0.3) is 10.9 Å². The Labute approximate surface area is 182 Å². The molecule has 1 N–H and O–H groups in total. The molecular weight excluding hydrogens is 390 g/mol. The second kappa shape index (κ2) is 7.44. The van der Waals surface area contributed by atoms with Crippen molar-refractivity contribution in [2.45, 2.75) is 69.9 Å². The van der Waals surface area contributed by atoms with Gasteiger partial charge in [-0.25, -0.2) is 4.98 Å². The maximum absolute atomic E-state index is 12.7. The quantitative estimate of drug-likeness (QED) is 0.751. The highest BCUT2D eigenvalue weighted by Gasteiger charge is 2.51. The van der Waals surface area contributed by atoms with Gasteiger partial charge < -0.3 is 10.1 Å². The lowest BCUT2D eigenvalue weighted by Gasteiger charge is -2.56. The molecule has 1 aliphatic heterocycles. The van der Waals surface area contributed by atoms with E-state index < -0.39 is 0 Å². The molecule has 1 amide bonds. The van der Waals surface area contributed by atoms with E-state index in [1.807, 2.05) is 0 Å². The zero-order valence-corrected chi connectivity index (χ0v) is 18.1. The summed E-state index contributed by atoms with van der Waals surface area (Å²) in [5.41, 5.74) is 1.26. The Balaban J connectivity index is 1.10. The number of aromatic nitrogens is 2. The molecule has 4 bridgehead atoms. The van der Waals surface area contributed by atoms with Crippen molar-refractivity contribution in [3.05, 3.63) is 39.9 Å². The number of fused-ring (bicyclic) bond motifs is 2. The molecule has 31 heavy (non-hydrogen) atoms. The standard InChI is InChI=1S/C25H31N3O3/c29-23(26-6-8-31-25-13-16-9-17(14-25)11-18(10-16)15-25)19-4-5-20-21(12-19)27-22-3-1-2-7-28(22)24(20)30/h4-5,12,16-18H,1-3,6-11,13-15H2,(H,26,29). The number of rotatable bonds is 5. The Kier molecular flexibility index (Phi) is 4.67. The van der Waals surface area contributed by atoms with Crippen LogP contribution in [0, 0.1) is 17.8 Å². The maximum Gasteiger partial charge on any atom is 0.261 e. The maximum atomic E-state index is 12.7. The minimum Gasteiger partial charge on any atom is -0.373 e. The fourth-order valence-corrected chi connectivity index (χ4v) is 7.12. The molecule has 0 atom stereocenters. The first-order valence-electron chi connectivity index (χ1n) is 12.0. The summed E-state index contributed by atoms with van der Waals surface area (Å²) < 4.78 is 8.19. The summed E-state index contributed by atoms with van der Waals surface area (Å²) in [6, 6.07) is 5.23. The van der Waals surface area contributed by atoms with Gasteiger partial charge >= 0.3 is 0 Å². The smallest absolute Gasteiger partial charge is 0.261 e. The van der Waals surface area contributed by atoms with Gasteiger partial charge in [0.2, 0.25) is 0 Å². The van der Waals surface area contributed by atoms with Gasteiger partial charge in [-0.1, -0.05) is 0 Å². The summed E-state index contributed by atoms with van der Waals surface area (Å²) in [5.74, 6) is 3.29. The van der Waals surface area contributed by atoms with E-state index >= 15 is 0 Å². The summed E-state index contributed by atoms with van der Waals surface area (Å²) >= 11 is 0. The Bertz CT molecular complexity index is 1050. The number of carbonyl (C=O) groups excluding carboxylic acids is 1. The molecule has 2 heterocycles. The van der Waals surface area contributed by atoms with E-state index in [-0.39, 0.29) is 17.1 Å². The van der Waals surface area contributed by atoms with Crippen molar-refractivity contribution in [2.75, 3.05) is 13.2 Å². The largest absolute Gasteiger partial charge is 0.373 e. The summed E-state index contributed by atoms with van der Waals surface area (Å²) in [4.78, 5) is 30.1. The van der Waals surface area contributed by atoms with Crippen LogP contribution in [-0.4, -0.2) is 34.2 Å². The van der Waals surface area contributed by atoms with Crippen LogP contribution in [0.1, 0.15) is 67.5 Å². The topological polar surface area (TPSA) is 73.2 Å². The van der Waals surface area contributed by atoms with E-state index in [1.165, 1.54) is 38.5 Å². The van der Waals surface area contributed by atoms with Crippen LogP contribution < -0.4 is 10.9 Å². The molecule has 4 fully saturated rings. The minimum atomic E-state index is -0.129. The molecule has 1 aromatic heterocycles. The Morgan fingerprint density at radius 3 is 2.61 bits per heavy atom. The van der Waals surface area contributed by atoms with Gasteiger partial charge in [0.1, 0.15) is 5.82 Å². The minimum absolute atomic E-state index is 0.00984. The molecule has 0 saturated heterocycles. The average Bonchev–Trinajstić information content (AvgIpc) is 2.75. The number of hydrogen-bond donors (Lipinski definition) is 1. The summed E-state index contributed by atoms with van der Waals surface area (Å²) in [6.45, 7) is 1.82. The van der Waals surface area contributed by atoms with E-state index in [9.17, 15) is 9.59 Å². The zero-order chi connectivity index (χ0) is 21.0. The van der Waals surface area contributed by atoms with Crippen molar-refractivity contribution < 1.29 is 9.53 Å². The molecular formula is C25H31N3O3. The monoisotopic (exact) mass is 421 g/mol. The van der Waals surface area contributed by atoms with Crippen LogP contribution in [0.4, 0.5) is 0 Å². The molecule has 5 aliphatic rings. The van der Waals surface area contributed by atoms with Gasteiger partial charge in [-0.3, -0.25) is 14.2 Å². The van der Waals surface area contributed by atoms with Crippen LogP contribution in [0.3, 0.4) is 0 Å². The lowest BCUT2D eigenvalue weighted by Crippen LogP contribution is -2.52. The van der Waals surface area contributed by atoms with Crippen LogP contribution in [0.2, 0.25) is 0 Å². The normalized spacial score (nSPS) is 31.0. The van der Waals surface area contributed by atoms with E-state index in [1.54, 1.807) is 22.8 Å². The van der Waals surface area contributed by atoms with Crippen LogP contribution in [0.15, 0.2) is 23.0 Å². The highest BCUT2D eigenvalue weighted by molar-refractivity contribution is 5.97. The number of nitrogens with one attached hydrogen (secondary N) is 1. The molecule has 4 aliphatic carbocycles. The second-order valence-electron chi connectivity index (χ2n) is 10.4.